The van der Waals surface area contributed by atoms with E-state index >= 15 is 0 Å². The van der Waals surface area contributed by atoms with Gasteiger partial charge in [0.15, 0.2) is 6.29 Å². The molecule has 0 aromatic heterocycles. The summed E-state index contributed by atoms with van der Waals surface area (Å²) in [6, 6.07) is 14.5. The first-order chi connectivity index (χ1) is 12.8. The van der Waals surface area contributed by atoms with Gasteiger partial charge >= 0.3 is 5.97 Å². The molecule has 0 bridgehead atoms. The molecule has 7 nitrogen and oxygen atoms in total. The number of hydrogen-bond donors (Lipinski definition) is 1. The van der Waals surface area contributed by atoms with Gasteiger partial charge in [-0.15, -0.1) is 0 Å². The van der Waals surface area contributed by atoms with E-state index in [1.807, 2.05) is 6.92 Å². The fourth-order valence-electron chi connectivity index (χ4n) is 2.65. The summed E-state index contributed by atoms with van der Waals surface area (Å²) >= 11 is 0. The van der Waals surface area contributed by atoms with Gasteiger partial charge in [0.1, 0.15) is 12.2 Å². The van der Waals surface area contributed by atoms with Crippen LogP contribution in [0, 0.1) is 6.92 Å². The lowest BCUT2D eigenvalue weighted by Crippen LogP contribution is -2.46. The first kappa shape index (κ1) is 19.5. The molecule has 3 atom stereocenters. The van der Waals surface area contributed by atoms with Crippen molar-refractivity contribution in [2.45, 2.75) is 36.7 Å². The Balaban J connectivity index is 1.75. The molecule has 1 N–H and O–H groups in total. The lowest BCUT2D eigenvalue weighted by molar-refractivity contribution is -0.187. The van der Waals surface area contributed by atoms with Crippen molar-refractivity contribution in [1.29, 1.82) is 0 Å². The van der Waals surface area contributed by atoms with Gasteiger partial charge in [0.2, 0.25) is 0 Å². The lowest BCUT2D eigenvalue weighted by atomic mass is 10.1. The molecular formula is C19H20O7S. The Morgan fingerprint density at radius 1 is 1.07 bits per heavy atom. The van der Waals surface area contributed by atoms with Gasteiger partial charge in [0.25, 0.3) is 10.1 Å². The Bertz CT molecular complexity index is 878. The van der Waals surface area contributed by atoms with E-state index in [0.717, 1.165) is 5.56 Å². The van der Waals surface area contributed by atoms with Crippen LogP contribution in [0.2, 0.25) is 0 Å². The topological polar surface area (TPSA) is 99.1 Å². The van der Waals surface area contributed by atoms with Gasteiger partial charge in [-0.3, -0.25) is 4.18 Å². The van der Waals surface area contributed by atoms with E-state index in [4.69, 9.17) is 13.7 Å². The van der Waals surface area contributed by atoms with Gasteiger partial charge in [0.05, 0.1) is 17.1 Å². The van der Waals surface area contributed by atoms with Gasteiger partial charge in [-0.2, -0.15) is 8.42 Å². The lowest BCUT2D eigenvalue weighted by Gasteiger charge is -2.32. The van der Waals surface area contributed by atoms with Crippen LogP contribution in [-0.2, 0) is 23.8 Å². The zero-order chi connectivity index (χ0) is 19.4. The largest absolute Gasteiger partial charge is 0.456 e. The normalized spacial score (nSPS) is 23.0. The molecule has 2 aromatic carbocycles. The highest BCUT2D eigenvalue weighted by Gasteiger charge is 2.37. The predicted octanol–water partition coefficient (Wildman–Crippen LogP) is 2.03. The Labute approximate surface area is 157 Å². The third-order valence-electron chi connectivity index (χ3n) is 4.13. The van der Waals surface area contributed by atoms with E-state index in [1.54, 1.807) is 42.5 Å². The number of rotatable bonds is 5. The Kier molecular flexibility index (Phi) is 5.91. The molecule has 1 heterocycles. The van der Waals surface area contributed by atoms with Gasteiger partial charge in [-0.05, 0) is 31.2 Å². The molecule has 1 aliphatic rings. The number of benzene rings is 2. The molecule has 1 fully saturated rings. The first-order valence-electron chi connectivity index (χ1n) is 8.41. The minimum absolute atomic E-state index is 0.00708. The minimum atomic E-state index is -4.08. The minimum Gasteiger partial charge on any atom is -0.456 e. The van der Waals surface area contributed by atoms with Crippen LogP contribution >= 0.6 is 0 Å². The van der Waals surface area contributed by atoms with E-state index in [1.165, 1.54) is 12.1 Å². The Hall–Kier alpha value is -2.26. The molecule has 0 saturated carbocycles. The number of esters is 1. The summed E-state index contributed by atoms with van der Waals surface area (Å²) in [5.74, 6) is -0.629. The summed E-state index contributed by atoms with van der Waals surface area (Å²) in [5.41, 5.74) is 1.23. The van der Waals surface area contributed by atoms with E-state index in [9.17, 15) is 18.3 Å². The van der Waals surface area contributed by atoms with Crippen LogP contribution in [-0.4, -0.2) is 44.6 Å². The number of ether oxygens (including phenoxy) is 2. The van der Waals surface area contributed by atoms with Crippen LogP contribution in [0.4, 0.5) is 0 Å². The number of hydrogen-bond acceptors (Lipinski definition) is 7. The zero-order valence-electron chi connectivity index (χ0n) is 14.6. The van der Waals surface area contributed by atoms with Crippen molar-refractivity contribution in [1.82, 2.24) is 0 Å². The molecule has 27 heavy (non-hydrogen) atoms. The van der Waals surface area contributed by atoms with Gasteiger partial charge in [0, 0.05) is 6.42 Å². The Morgan fingerprint density at radius 2 is 1.74 bits per heavy atom. The van der Waals surface area contributed by atoms with E-state index < -0.39 is 34.6 Å². The molecular weight excluding hydrogens is 372 g/mol. The van der Waals surface area contributed by atoms with Gasteiger partial charge in [-0.1, -0.05) is 35.9 Å². The second-order valence-corrected chi connectivity index (χ2v) is 7.81. The van der Waals surface area contributed by atoms with Crippen molar-refractivity contribution >= 4 is 16.1 Å². The fraction of sp³-hybridized carbons (Fsp3) is 0.316. The monoisotopic (exact) mass is 392 g/mol. The van der Waals surface area contributed by atoms with Gasteiger partial charge in [-0.25, -0.2) is 4.79 Å². The summed E-state index contributed by atoms with van der Waals surface area (Å²) in [5, 5.41) is 9.71. The quantitative estimate of drug-likeness (QED) is 0.614. The van der Waals surface area contributed by atoms with Crippen molar-refractivity contribution in [2.75, 3.05) is 6.61 Å². The molecule has 0 radical (unpaired) electrons. The summed E-state index contributed by atoms with van der Waals surface area (Å²) in [7, 11) is -4.08. The molecule has 144 valence electrons. The highest BCUT2D eigenvalue weighted by Crippen LogP contribution is 2.24. The molecule has 8 heteroatoms. The molecule has 2 aromatic rings. The average Bonchev–Trinajstić information content (AvgIpc) is 2.65. The van der Waals surface area contributed by atoms with Crippen molar-refractivity contribution in [2.24, 2.45) is 0 Å². The molecule has 1 aliphatic heterocycles. The second-order valence-electron chi connectivity index (χ2n) is 6.24. The number of carbonyl (C=O) groups excluding carboxylic acids is 1. The molecule has 0 unspecified atom stereocenters. The maximum absolute atomic E-state index is 12.5. The van der Waals surface area contributed by atoms with E-state index in [-0.39, 0.29) is 17.9 Å². The molecule has 0 aliphatic carbocycles. The smallest absolute Gasteiger partial charge is 0.338 e. The molecule has 0 amide bonds. The second kappa shape index (κ2) is 8.18. The molecule has 0 spiro atoms. The fourth-order valence-corrected chi connectivity index (χ4v) is 3.73. The van der Waals surface area contributed by atoms with Crippen LogP contribution in [0.25, 0.3) is 0 Å². The number of carbonyl (C=O) groups is 1. The number of aliphatic hydroxyl groups is 1. The zero-order valence-corrected chi connectivity index (χ0v) is 15.5. The predicted molar refractivity (Wildman–Crippen MR) is 95.5 cm³/mol. The molecule has 1 saturated heterocycles. The van der Waals surface area contributed by atoms with Crippen LogP contribution < -0.4 is 0 Å². The summed E-state index contributed by atoms with van der Waals surface area (Å²) < 4.78 is 40.8. The van der Waals surface area contributed by atoms with Crippen molar-refractivity contribution in [3.8, 4) is 0 Å². The highest BCUT2D eigenvalue weighted by molar-refractivity contribution is 7.86. The number of aliphatic hydroxyl groups excluding tert-OH is 1. The highest BCUT2D eigenvalue weighted by atomic mass is 32.2. The first-order valence-corrected chi connectivity index (χ1v) is 9.81. The number of aryl methyl sites for hydroxylation is 1. The average molecular weight is 392 g/mol. The van der Waals surface area contributed by atoms with Gasteiger partial charge < -0.3 is 14.6 Å². The van der Waals surface area contributed by atoms with Crippen molar-refractivity contribution < 1.29 is 32.0 Å². The van der Waals surface area contributed by atoms with Crippen LogP contribution in [0.15, 0.2) is 59.5 Å². The van der Waals surface area contributed by atoms with Crippen molar-refractivity contribution in [3.63, 3.8) is 0 Å². The standard InChI is InChI=1S/C19H20O7S/c1-13-7-9-15(10-8-13)27(22,23)26-17-12-24-18(20)11-16(17)25-19(21)14-5-3-2-4-6-14/h2-10,16-18,20H,11-12H2,1H3/t16-,17+,18+/m0/s1. The third kappa shape index (κ3) is 4.92. The van der Waals surface area contributed by atoms with Crippen LogP contribution in [0.3, 0.4) is 0 Å². The van der Waals surface area contributed by atoms with Crippen LogP contribution in [0.1, 0.15) is 22.3 Å². The Morgan fingerprint density at radius 3 is 2.41 bits per heavy atom. The van der Waals surface area contributed by atoms with E-state index in [2.05, 4.69) is 0 Å². The summed E-state index contributed by atoms with van der Waals surface area (Å²) in [6.07, 6.45) is -3.29. The van der Waals surface area contributed by atoms with E-state index in [0.29, 0.717) is 5.56 Å². The maximum Gasteiger partial charge on any atom is 0.338 e. The SMILES string of the molecule is Cc1ccc(S(=O)(=O)O[C@@H]2CO[C@@H](O)C[C@@H]2OC(=O)c2ccccc2)cc1. The van der Waals surface area contributed by atoms with Crippen LogP contribution in [0.5, 0.6) is 0 Å². The summed E-state index contributed by atoms with van der Waals surface area (Å²) in [6.45, 7) is 1.62. The summed E-state index contributed by atoms with van der Waals surface area (Å²) in [4.78, 5) is 12.3. The maximum atomic E-state index is 12.5. The van der Waals surface area contributed by atoms with Crippen molar-refractivity contribution in [3.05, 3.63) is 65.7 Å². The third-order valence-corrected chi connectivity index (χ3v) is 5.48. The molecule has 3 rings (SSSR count).